The van der Waals surface area contributed by atoms with Gasteiger partial charge in [0.05, 0.1) is 12.3 Å². The third-order valence-electron chi connectivity index (χ3n) is 3.56. The molecule has 1 rings (SSSR count). The van der Waals surface area contributed by atoms with Crippen LogP contribution in [0.25, 0.3) is 0 Å². The van der Waals surface area contributed by atoms with E-state index in [-0.39, 0.29) is 31.2 Å². The molecule has 0 spiro atoms. The molecule has 0 aliphatic heterocycles. The third-order valence-corrected chi connectivity index (χ3v) is 3.56. The van der Waals surface area contributed by atoms with Crippen molar-refractivity contribution < 1.29 is 18.8 Å². The second-order valence-electron chi connectivity index (χ2n) is 5.84. The lowest BCUT2D eigenvalue weighted by molar-refractivity contribution is -0.106. The van der Waals surface area contributed by atoms with Gasteiger partial charge in [-0.2, -0.15) is 0 Å². The topological polar surface area (TPSA) is 47.9 Å². The van der Waals surface area contributed by atoms with E-state index in [0.29, 0.717) is 17.7 Å². The van der Waals surface area contributed by atoms with Crippen LogP contribution in [-0.4, -0.2) is 25.2 Å². The summed E-state index contributed by atoms with van der Waals surface area (Å²) in [5, 5.41) is 3.75. The average molecular weight is 359 g/mol. The van der Waals surface area contributed by atoms with Gasteiger partial charge in [0.1, 0.15) is 18.7 Å². The molecule has 0 aromatic rings. The van der Waals surface area contributed by atoms with E-state index in [9.17, 15) is 9.18 Å². The summed E-state index contributed by atoms with van der Waals surface area (Å²) in [5.41, 5.74) is 2.98. The molecule has 0 bridgehead atoms. The van der Waals surface area contributed by atoms with Crippen LogP contribution in [-0.2, 0) is 14.4 Å². The van der Waals surface area contributed by atoms with Gasteiger partial charge in [-0.25, -0.2) is 4.39 Å². The number of halogens is 1. The molecule has 4 nitrogen and oxygen atoms in total. The van der Waals surface area contributed by atoms with E-state index in [1.807, 2.05) is 44.2 Å². The quantitative estimate of drug-likeness (QED) is 0.179. The molecule has 140 valence electrons. The van der Waals surface area contributed by atoms with E-state index in [4.69, 9.17) is 9.57 Å². The summed E-state index contributed by atoms with van der Waals surface area (Å²) in [4.78, 5) is 15.4. The Morgan fingerprint density at radius 3 is 2.88 bits per heavy atom. The van der Waals surface area contributed by atoms with Gasteiger partial charge >= 0.3 is 0 Å². The Morgan fingerprint density at radius 2 is 2.19 bits per heavy atom. The van der Waals surface area contributed by atoms with Crippen molar-refractivity contribution in [2.75, 3.05) is 13.2 Å². The fourth-order valence-corrected chi connectivity index (χ4v) is 2.08. The molecule has 0 heterocycles. The lowest BCUT2D eigenvalue weighted by Gasteiger charge is -2.07. The standard InChI is InChI=1S/C21H26FNO3/c1-5-6-7-8-19-9-10-20(21(22)13-16(19)2)15-25-14-18(4)26-23-17(3)11-12-24/h5-8,10,12-13H,4,9,11,14-15H2,1-3H3/b6-5-,8-7-,23-17+. The number of hydrogen-bond acceptors (Lipinski definition) is 4. The first kappa shape index (κ1) is 21.5. The Morgan fingerprint density at radius 1 is 1.42 bits per heavy atom. The van der Waals surface area contributed by atoms with Crippen molar-refractivity contribution in [1.29, 1.82) is 0 Å². The zero-order valence-corrected chi connectivity index (χ0v) is 15.6. The largest absolute Gasteiger partial charge is 0.369 e. The first-order chi connectivity index (χ1) is 12.5. The molecule has 0 fully saturated rings. The molecular weight excluding hydrogens is 333 g/mol. The van der Waals surface area contributed by atoms with E-state index >= 15 is 0 Å². The summed E-state index contributed by atoms with van der Waals surface area (Å²) >= 11 is 0. The lowest BCUT2D eigenvalue weighted by atomic mass is 10.1. The summed E-state index contributed by atoms with van der Waals surface area (Å²) in [5.74, 6) is -0.0125. The van der Waals surface area contributed by atoms with Gasteiger partial charge in [0.15, 0.2) is 5.76 Å². The molecule has 0 unspecified atom stereocenters. The second kappa shape index (κ2) is 11.9. The molecular formula is C21H26FNO3. The van der Waals surface area contributed by atoms with Crippen LogP contribution in [0.2, 0.25) is 0 Å². The smallest absolute Gasteiger partial charge is 0.153 e. The van der Waals surface area contributed by atoms with Crippen molar-refractivity contribution in [2.24, 2.45) is 5.16 Å². The van der Waals surface area contributed by atoms with Crippen LogP contribution < -0.4 is 0 Å². The second-order valence-corrected chi connectivity index (χ2v) is 5.84. The average Bonchev–Trinajstić information content (AvgIpc) is 2.73. The highest BCUT2D eigenvalue weighted by Crippen LogP contribution is 2.25. The number of aldehydes is 1. The summed E-state index contributed by atoms with van der Waals surface area (Å²) in [6, 6.07) is 0. The Bertz CT molecular complexity index is 694. The maximum absolute atomic E-state index is 14.3. The number of ether oxygens (including phenoxy) is 1. The molecule has 26 heavy (non-hydrogen) atoms. The van der Waals surface area contributed by atoms with E-state index in [1.165, 1.54) is 6.08 Å². The molecule has 0 aromatic heterocycles. The van der Waals surface area contributed by atoms with Gasteiger partial charge in [-0.1, -0.05) is 42.1 Å². The van der Waals surface area contributed by atoms with Gasteiger partial charge in [0.2, 0.25) is 0 Å². The van der Waals surface area contributed by atoms with Gasteiger partial charge in [0.25, 0.3) is 0 Å². The summed E-state index contributed by atoms with van der Waals surface area (Å²) in [7, 11) is 0. The van der Waals surface area contributed by atoms with Crippen molar-refractivity contribution in [1.82, 2.24) is 0 Å². The minimum atomic E-state index is -0.302. The molecule has 0 saturated carbocycles. The molecule has 0 saturated heterocycles. The first-order valence-corrected chi connectivity index (χ1v) is 8.43. The Kier molecular flexibility index (Phi) is 9.87. The maximum Gasteiger partial charge on any atom is 0.153 e. The minimum absolute atomic E-state index is 0.0863. The maximum atomic E-state index is 14.3. The lowest BCUT2D eigenvalue weighted by Crippen LogP contribution is -2.04. The van der Waals surface area contributed by atoms with Crippen molar-refractivity contribution >= 4 is 12.0 Å². The van der Waals surface area contributed by atoms with Gasteiger partial charge in [-0.15, -0.1) is 0 Å². The van der Waals surface area contributed by atoms with Crippen molar-refractivity contribution in [3.8, 4) is 0 Å². The number of carbonyl (C=O) groups is 1. The molecule has 0 atom stereocenters. The first-order valence-electron chi connectivity index (χ1n) is 8.43. The van der Waals surface area contributed by atoms with Crippen LogP contribution in [0.5, 0.6) is 0 Å². The molecule has 5 heteroatoms. The normalized spacial score (nSPS) is 15.9. The Balaban J connectivity index is 2.56. The van der Waals surface area contributed by atoms with E-state index in [2.05, 4.69) is 11.7 Å². The summed E-state index contributed by atoms with van der Waals surface area (Å²) in [6.07, 6.45) is 12.7. The van der Waals surface area contributed by atoms with Gasteiger partial charge in [-0.3, -0.25) is 0 Å². The summed E-state index contributed by atoms with van der Waals surface area (Å²) < 4.78 is 19.8. The number of allylic oxidation sites excluding steroid dienone is 8. The summed E-state index contributed by atoms with van der Waals surface area (Å²) in [6.45, 7) is 9.39. The van der Waals surface area contributed by atoms with Gasteiger partial charge < -0.3 is 14.4 Å². The van der Waals surface area contributed by atoms with Crippen LogP contribution in [0.3, 0.4) is 0 Å². The van der Waals surface area contributed by atoms with Crippen molar-refractivity contribution in [2.45, 2.75) is 33.6 Å². The van der Waals surface area contributed by atoms with Gasteiger partial charge in [0, 0.05) is 12.0 Å². The molecule has 0 radical (unpaired) electrons. The van der Waals surface area contributed by atoms with Crippen molar-refractivity contribution in [3.63, 3.8) is 0 Å². The highest BCUT2D eigenvalue weighted by molar-refractivity contribution is 5.91. The third kappa shape index (κ3) is 8.03. The number of carbonyl (C=O) groups excluding carboxylic acids is 1. The van der Waals surface area contributed by atoms with Crippen LogP contribution in [0.15, 0.2) is 76.5 Å². The Labute approximate surface area is 154 Å². The molecule has 1 aliphatic rings. The fraction of sp³-hybridized carbons (Fsp3) is 0.333. The molecule has 0 amide bonds. The van der Waals surface area contributed by atoms with Crippen LogP contribution in [0.4, 0.5) is 4.39 Å². The highest BCUT2D eigenvalue weighted by Gasteiger charge is 2.11. The number of oxime groups is 1. The van der Waals surface area contributed by atoms with E-state index in [1.54, 1.807) is 6.92 Å². The number of hydrogen-bond donors (Lipinski definition) is 0. The minimum Gasteiger partial charge on any atom is -0.369 e. The van der Waals surface area contributed by atoms with Crippen LogP contribution in [0, 0.1) is 0 Å². The Hall–Kier alpha value is -2.53. The fourth-order valence-electron chi connectivity index (χ4n) is 2.08. The zero-order chi connectivity index (χ0) is 19.4. The predicted octanol–water partition coefficient (Wildman–Crippen LogP) is 5.13. The number of rotatable bonds is 10. The zero-order valence-electron chi connectivity index (χ0n) is 15.6. The molecule has 1 aliphatic carbocycles. The predicted molar refractivity (Wildman–Crippen MR) is 103 cm³/mol. The van der Waals surface area contributed by atoms with Gasteiger partial charge in [-0.05, 0) is 44.4 Å². The van der Waals surface area contributed by atoms with E-state index < -0.39 is 0 Å². The monoisotopic (exact) mass is 359 g/mol. The molecule has 0 N–H and O–H groups in total. The molecule has 0 aromatic carbocycles. The van der Waals surface area contributed by atoms with E-state index in [0.717, 1.165) is 17.4 Å². The van der Waals surface area contributed by atoms with Crippen LogP contribution >= 0.6 is 0 Å². The van der Waals surface area contributed by atoms with Crippen LogP contribution in [0.1, 0.15) is 33.6 Å². The SMILES string of the molecule is C=C(COCC1=CCC(/C=C\C=C/C)=C(C)C=C1F)O/N=C(\C)CC=O. The number of nitrogens with zero attached hydrogens (tertiary/aromatic N) is 1. The van der Waals surface area contributed by atoms with Crippen molar-refractivity contribution in [3.05, 3.63) is 71.3 Å². The highest BCUT2D eigenvalue weighted by atomic mass is 19.1.